The minimum Gasteiger partial charge on any atom is -0.387 e. The number of hydrogen-bond acceptors (Lipinski definition) is 4. The van der Waals surface area contributed by atoms with Gasteiger partial charge in [0.2, 0.25) is 0 Å². The molecule has 0 spiro atoms. The second kappa shape index (κ2) is 7.83. The third-order valence-electron chi connectivity index (χ3n) is 3.41. The average molecular weight is 320 g/mol. The molecule has 6 heteroatoms. The summed E-state index contributed by atoms with van der Waals surface area (Å²) in [5.74, 6) is -0.470. The van der Waals surface area contributed by atoms with Gasteiger partial charge in [-0.25, -0.2) is 0 Å². The van der Waals surface area contributed by atoms with E-state index in [-0.39, 0.29) is 11.7 Å². The SMILES string of the molecule is Cc1ccc(NC(=O)/C(C#N)=C\NCC2CCCO2)cc1Cl. The second-order valence-electron chi connectivity index (χ2n) is 5.13. The third kappa shape index (κ3) is 4.48. The number of anilines is 1. The quantitative estimate of drug-likeness (QED) is 0.646. The molecule has 1 aromatic rings. The van der Waals surface area contributed by atoms with Crippen molar-refractivity contribution in [3.63, 3.8) is 0 Å². The topological polar surface area (TPSA) is 74.2 Å². The summed E-state index contributed by atoms with van der Waals surface area (Å²) in [6.07, 6.45) is 3.62. The van der Waals surface area contributed by atoms with Crippen LogP contribution in [0.3, 0.4) is 0 Å². The molecule has 1 aliphatic rings. The molecule has 2 rings (SSSR count). The first-order valence-corrected chi connectivity index (χ1v) is 7.50. The number of rotatable bonds is 5. The zero-order valence-electron chi connectivity index (χ0n) is 12.4. The van der Waals surface area contributed by atoms with Gasteiger partial charge in [-0.15, -0.1) is 0 Å². The van der Waals surface area contributed by atoms with E-state index >= 15 is 0 Å². The van der Waals surface area contributed by atoms with Gasteiger partial charge in [-0.05, 0) is 37.5 Å². The first-order chi connectivity index (χ1) is 10.6. The number of nitrogens with zero attached hydrogens (tertiary/aromatic N) is 1. The molecule has 0 aromatic heterocycles. The molecule has 0 radical (unpaired) electrons. The Bertz CT molecular complexity index is 616. The first kappa shape index (κ1) is 16.3. The van der Waals surface area contributed by atoms with Gasteiger partial charge in [-0.1, -0.05) is 17.7 Å². The van der Waals surface area contributed by atoms with Gasteiger partial charge in [0.15, 0.2) is 0 Å². The number of halogens is 1. The number of hydrogen-bond donors (Lipinski definition) is 2. The van der Waals surface area contributed by atoms with Crippen LogP contribution in [0.15, 0.2) is 30.0 Å². The lowest BCUT2D eigenvalue weighted by Crippen LogP contribution is -2.24. The molecular weight excluding hydrogens is 302 g/mol. The summed E-state index contributed by atoms with van der Waals surface area (Å²) in [6.45, 7) is 3.24. The van der Waals surface area contributed by atoms with Crippen LogP contribution < -0.4 is 10.6 Å². The number of amides is 1. The maximum absolute atomic E-state index is 12.1. The zero-order chi connectivity index (χ0) is 15.9. The van der Waals surface area contributed by atoms with Gasteiger partial charge in [0.1, 0.15) is 11.6 Å². The number of benzene rings is 1. The lowest BCUT2D eigenvalue weighted by atomic mass is 10.2. The number of ether oxygens (including phenoxy) is 1. The number of nitriles is 1. The van der Waals surface area contributed by atoms with E-state index in [1.807, 2.05) is 19.1 Å². The smallest absolute Gasteiger partial charge is 0.267 e. The van der Waals surface area contributed by atoms with E-state index < -0.39 is 5.91 Å². The molecule has 1 atom stereocenters. The number of aryl methyl sites for hydroxylation is 1. The Morgan fingerprint density at radius 1 is 1.59 bits per heavy atom. The maximum Gasteiger partial charge on any atom is 0.267 e. The molecule has 1 heterocycles. The second-order valence-corrected chi connectivity index (χ2v) is 5.54. The predicted molar refractivity (Wildman–Crippen MR) is 85.5 cm³/mol. The van der Waals surface area contributed by atoms with Crippen LogP contribution in [0.1, 0.15) is 18.4 Å². The molecule has 1 amide bonds. The summed E-state index contributed by atoms with van der Waals surface area (Å²) < 4.78 is 5.46. The number of carbonyl (C=O) groups is 1. The molecule has 5 nitrogen and oxygen atoms in total. The highest BCUT2D eigenvalue weighted by atomic mass is 35.5. The highest BCUT2D eigenvalue weighted by molar-refractivity contribution is 6.31. The van der Waals surface area contributed by atoms with E-state index in [9.17, 15) is 4.79 Å². The average Bonchev–Trinajstić information content (AvgIpc) is 3.00. The molecule has 1 saturated heterocycles. The number of nitrogens with one attached hydrogen (secondary N) is 2. The van der Waals surface area contributed by atoms with Crippen LogP contribution in [0.4, 0.5) is 5.69 Å². The molecule has 1 aromatic carbocycles. The summed E-state index contributed by atoms with van der Waals surface area (Å²) >= 11 is 6.01. The van der Waals surface area contributed by atoms with E-state index in [1.54, 1.807) is 12.1 Å². The van der Waals surface area contributed by atoms with E-state index in [0.717, 1.165) is 25.0 Å². The van der Waals surface area contributed by atoms with Crippen LogP contribution in [0, 0.1) is 18.3 Å². The van der Waals surface area contributed by atoms with Crippen LogP contribution in [0.5, 0.6) is 0 Å². The standard InChI is InChI=1S/C16H18ClN3O2/c1-11-4-5-13(7-15(11)17)20-16(21)12(8-18)9-19-10-14-3-2-6-22-14/h4-5,7,9,14,19H,2-3,6,10H2,1H3,(H,20,21)/b12-9-. The Labute approximate surface area is 134 Å². The Morgan fingerprint density at radius 3 is 3.05 bits per heavy atom. The fourth-order valence-electron chi connectivity index (χ4n) is 2.12. The predicted octanol–water partition coefficient (Wildman–Crippen LogP) is 2.76. The van der Waals surface area contributed by atoms with E-state index in [2.05, 4.69) is 10.6 Å². The van der Waals surface area contributed by atoms with Crippen molar-refractivity contribution in [2.24, 2.45) is 0 Å². The van der Waals surface area contributed by atoms with Crippen LogP contribution in [0.25, 0.3) is 0 Å². The molecule has 1 fully saturated rings. The molecule has 22 heavy (non-hydrogen) atoms. The van der Waals surface area contributed by atoms with Gasteiger partial charge in [0.05, 0.1) is 6.10 Å². The highest BCUT2D eigenvalue weighted by Crippen LogP contribution is 2.20. The molecule has 1 unspecified atom stereocenters. The minimum absolute atomic E-state index is 0.00898. The van der Waals surface area contributed by atoms with Crippen molar-refractivity contribution < 1.29 is 9.53 Å². The van der Waals surface area contributed by atoms with Gasteiger partial charge in [-0.3, -0.25) is 4.79 Å². The fourth-order valence-corrected chi connectivity index (χ4v) is 2.30. The van der Waals surface area contributed by atoms with Crippen LogP contribution in [0.2, 0.25) is 5.02 Å². The molecule has 2 N–H and O–H groups in total. The summed E-state index contributed by atoms with van der Waals surface area (Å²) in [5, 5.41) is 15.3. The van der Waals surface area contributed by atoms with Gasteiger partial charge >= 0.3 is 0 Å². The van der Waals surface area contributed by atoms with Gasteiger partial charge in [0, 0.05) is 30.1 Å². The molecule has 0 aliphatic carbocycles. The highest BCUT2D eigenvalue weighted by Gasteiger charge is 2.15. The van der Waals surface area contributed by atoms with E-state index in [1.165, 1.54) is 6.20 Å². The van der Waals surface area contributed by atoms with E-state index in [4.69, 9.17) is 21.6 Å². The van der Waals surface area contributed by atoms with Crippen LogP contribution in [-0.4, -0.2) is 25.2 Å². The van der Waals surface area contributed by atoms with Crippen molar-refractivity contribution in [1.29, 1.82) is 5.26 Å². The largest absolute Gasteiger partial charge is 0.387 e. The summed E-state index contributed by atoms with van der Waals surface area (Å²) in [6, 6.07) is 7.10. The summed E-state index contributed by atoms with van der Waals surface area (Å²) in [4.78, 5) is 12.1. The molecular formula is C16H18ClN3O2. The van der Waals surface area contributed by atoms with E-state index in [0.29, 0.717) is 17.3 Å². The Balaban J connectivity index is 1.92. The number of carbonyl (C=O) groups excluding carboxylic acids is 1. The Hall–Kier alpha value is -2.03. The zero-order valence-corrected chi connectivity index (χ0v) is 13.1. The fraction of sp³-hybridized carbons (Fsp3) is 0.375. The lowest BCUT2D eigenvalue weighted by Gasteiger charge is -2.09. The summed E-state index contributed by atoms with van der Waals surface area (Å²) in [5.41, 5.74) is 1.49. The monoisotopic (exact) mass is 319 g/mol. The third-order valence-corrected chi connectivity index (χ3v) is 3.82. The van der Waals surface area contributed by atoms with Crippen LogP contribution >= 0.6 is 11.6 Å². The molecule has 116 valence electrons. The Kier molecular flexibility index (Phi) is 5.82. The molecule has 1 aliphatic heterocycles. The molecule has 0 bridgehead atoms. The molecule has 0 saturated carbocycles. The van der Waals surface area contributed by atoms with Crippen molar-refractivity contribution in [1.82, 2.24) is 5.32 Å². The lowest BCUT2D eigenvalue weighted by molar-refractivity contribution is -0.112. The van der Waals surface area contributed by atoms with Crippen molar-refractivity contribution >= 4 is 23.2 Å². The van der Waals surface area contributed by atoms with Crippen LogP contribution in [-0.2, 0) is 9.53 Å². The van der Waals surface area contributed by atoms with Crippen molar-refractivity contribution in [3.8, 4) is 6.07 Å². The van der Waals surface area contributed by atoms with Crippen molar-refractivity contribution in [2.45, 2.75) is 25.9 Å². The van der Waals surface area contributed by atoms with Crippen molar-refractivity contribution in [3.05, 3.63) is 40.6 Å². The van der Waals surface area contributed by atoms with Gasteiger partial charge < -0.3 is 15.4 Å². The van der Waals surface area contributed by atoms with Crippen molar-refractivity contribution in [2.75, 3.05) is 18.5 Å². The Morgan fingerprint density at radius 2 is 2.41 bits per heavy atom. The maximum atomic E-state index is 12.1. The normalized spacial score (nSPS) is 17.9. The van der Waals surface area contributed by atoms with Gasteiger partial charge in [-0.2, -0.15) is 5.26 Å². The minimum atomic E-state index is -0.470. The summed E-state index contributed by atoms with van der Waals surface area (Å²) in [7, 11) is 0. The van der Waals surface area contributed by atoms with Gasteiger partial charge in [0.25, 0.3) is 5.91 Å². The first-order valence-electron chi connectivity index (χ1n) is 7.13.